The molecule has 0 saturated heterocycles. The smallest absolute Gasteiger partial charge is 0.391 e. The Bertz CT molecular complexity index is 1100. The molecule has 0 spiro atoms. The molecule has 0 aromatic carbocycles. The van der Waals surface area contributed by atoms with Crippen molar-refractivity contribution >= 4 is 13.7 Å². The second-order valence-electron chi connectivity index (χ2n) is 23.2. The van der Waals surface area contributed by atoms with Gasteiger partial charge in [0.2, 0.25) is 5.91 Å². The molecular weight excluding hydrogens is 888 g/mol. The number of hydrogen-bond donors (Lipinski definition) is 3. The summed E-state index contributed by atoms with van der Waals surface area (Å²) in [5.41, 5.74) is 0. The Morgan fingerprint density at radius 2 is 0.686 bits per heavy atom. The van der Waals surface area contributed by atoms with E-state index in [9.17, 15) is 19.4 Å². The van der Waals surface area contributed by atoms with Crippen molar-refractivity contribution in [3.8, 4) is 0 Å². The number of hydrogen-bond acceptors (Lipinski definition) is 5. The molecule has 0 radical (unpaired) electrons. The zero-order chi connectivity index (χ0) is 51.3. The molecule has 0 aliphatic rings. The Kier molecular flexibility index (Phi) is 52.9. The minimum absolute atomic E-state index is 0.0793. The fourth-order valence-electron chi connectivity index (χ4n) is 9.93. The quantitative estimate of drug-likeness (QED) is 0.0318. The largest absolute Gasteiger partial charge is 0.472 e. The highest BCUT2D eigenvalue weighted by atomic mass is 31.2. The molecule has 420 valence electrons. The minimum atomic E-state index is -4.32. The van der Waals surface area contributed by atoms with E-state index in [1.54, 1.807) is 0 Å². The number of phosphoric ester groups is 1. The van der Waals surface area contributed by atoms with Gasteiger partial charge in [0.15, 0.2) is 0 Å². The molecule has 8 nitrogen and oxygen atoms in total. The lowest BCUT2D eigenvalue weighted by atomic mass is 10.0. The predicted octanol–water partition coefficient (Wildman–Crippen LogP) is 19.2. The first-order valence-electron chi connectivity index (χ1n) is 31.4. The molecular formula is C61H126N2O6P+. The molecule has 0 heterocycles. The van der Waals surface area contributed by atoms with Crippen molar-refractivity contribution in [3.63, 3.8) is 0 Å². The topological polar surface area (TPSA) is 105 Å². The molecule has 9 heteroatoms. The van der Waals surface area contributed by atoms with E-state index in [-0.39, 0.29) is 19.1 Å². The summed E-state index contributed by atoms with van der Waals surface area (Å²) < 4.78 is 23.8. The van der Waals surface area contributed by atoms with Gasteiger partial charge in [0, 0.05) is 6.42 Å². The summed E-state index contributed by atoms with van der Waals surface area (Å²) in [6, 6.07) is -0.756. The van der Waals surface area contributed by atoms with Gasteiger partial charge in [-0.15, -0.1) is 0 Å². The van der Waals surface area contributed by atoms with E-state index in [1.807, 2.05) is 21.1 Å². The van der Waals surface area contributed by atoms with Crippen LogP contribution in [0, 0.1) is 0 Å². The van der Waals surface area contributed by atoms with Crippen molar-refractivity contribution < 1.29 is 32.9 Å². The average Bonchev–Trinajstić information content (AvgIpc) is 3.32. The highest BCUT2D eigenvalue weighted by Gasteiger charge is 2.28. The van der Waals surface area contributed by atoms with Crippen LogP contribution in [-0.2, 0) is 18.4 Å². The predicted molar refractivity (Wildman–Crippen MR) is 305 cm³/mol. The number of rotatable bonds is 59. The molecule has 0 fully saturated rings. The van der Waals surface area contributed by atoms with Gasteiger partial charge in [0.05, 0.1) is 39.9 Å². The van der Waals surface area contributed by atoms with Crippen LogP contribution >= 0.6 is 7.82 Å². The van der Waals surface area contributed by atoms with E-state index in [0.717, 1.165) is 38.5 Å². The van der Waals surface area contributed by atoms with Crippen molar-refractivity contribution in [2.24, 2.45) is 0 Å². The third-order valence-electron chi connectivity index (χ3n) is 14.9. The van der Waals surface area contributed by atoms with Crippen LogP contribution in [0.25, 0.3) is 0 Å². The Morgan fingerprint density at radius 3 is 0.957 bits per heavy atom. The van der Waals surface area contributed by atoms with Crippen LogP contribution in [0.15, 0.2) is 0 Å². The van der Waals surface area contributed by atoms with E-state index < -0.39 is 20.0 Å². The van der Waals surface area contributed by atoms with Gasteiger partial charge in [0.25, 0.3) is 0 Å². The summed E-state index contributed by atoms with van der Waals surface area (Å²) in [6.07, 6.45) is 64.6. The Hall–Kier alpha value is -0.500. The lowest BCUT2D eigenvalue weighted by Gasteiger charge is -2.26. The molecule has 3 atom stereocenters. The average molecular weight is 1010 g/mol. The third-order valence-corrected chi connectivity index (χ3v) is 15.8. The Morgan fingerprint density at radius 1 is 0.429 bits per heavy atom. The molecule has 0 bridgehead atoms. The van der Waals surface area contributed by atoms with E-state index in [1.165, 1.54) is 270 Å². The van der Waals surface area contributed by atoms with Gasteiger partial charge in [0.1, 0.15) is 13.2 Å². The van der Waals surface area contributed by atoms with Gasteiger partial charge >= 0.3 is 7.82 Å². The fraction of sp³-hybridized carbons (Fsp3) is 0.984. The summed E-state index contributed by atoms with van der Waals surface area (Å²) in [4.78, 5) is 23.4. The number of carbonyl (C=O) groups excluding carboxylic acids is 1. The Labute approximate surface area is 438 Å². The number of amides is 1. The maximum Gasteiger partial charge on any atom is 0.472 e. The normalized spacial score (nSPS) is 13.8. The first-order valence-corrected chi connectivity index (χ1v) is 32.9. The number of carbonyl (C=O) groups is 1. The van der Waals surface area contributed by atoms with Crippen molar-refractivity contribution in [2.45, 2.75) is 347 Å². The fourth-order valence-corrected chi connectivity index (χ4v) is 10.7. The van der Waals surface area contributed by atoms with Gasteiger partial charge in [-0.25, -0.2) is 4.57 Å². The molecule has 0 saturated carbocycles. The van der Waals surface area contributed by atoms with Crippen LogP contribution in [0.3, 0.4) is 0 Å². The molecule has 1 amide bonds. The molecule has 0 aromatic heterocycles. The Balaban J connectivity index is 4.06. The number of phosphoric acid groups is 1. The van der Waals surface area contributed by atoms with Crippen LogP contribution in [0.1, 0.15) is 335 Å². The van der Waals surface area contributed by atoms with Crippen molar-refractivity contribution in [2.75, 3.05) is 40.9 Å². The van der Waals surface area contributed by atoms with Crippen molar-refractivity contribution in [1.29, 1.82) is 0 Å². The molecule has 0 aliphatic heterocycles. The summed E-state index contributed by atoms with van der Waals surface area (Å²) in [7, 11) is 1.64. The first-order chi connectivity index (χ1) is 34.0. The maximum absolute atomic E-state index is 13.0. The summed E-state index contributed by atoms with van der Waals surface area (Å²) >= 11 is 0. The van der Waals surface area contributed by atoms with Gasteiger partial charge in [-0.1, -0.05) is 316 Å². The first kappa shape index (κ1) is 69.5. The van der Waals surface area contributed by atoms with E-state index in [0.29, 0.717) is 23.9 Å². The van der Waals surface area contributed by atoms with Crippen LogP contribution in [0.4, 0.5) is 0 Å². The number of likely N-dealkylation sites (N-methyl/N-ethyl adjacent to an activating group) is 1. The second kappa shape index (κ2) is 53.3. The molecule has 0 aliphatic carbocycles. The maximum atomic E-state index is 13.0. The lowest BCUT2D eigenvalue weighted by Crippen LogP contribution is -2.46. The van der Waals surface area contributed by atoms with E-state index >= 15 is 0 Å². The second-order valence-corrected chi connectivity index (χ2v) is 24.6. The number of nitrogens with zero attached hydrogens (tertiary/aromatic N) is 1. The number of aliphatic hydroxyl groups is 1. The minimum Gasteiger partial charge on any atom is -0.391 e. The van der Waals surface area contributed by atoms with Crippen LogP contribution in [-0.4, -0.2) is 73.4 Å². The number of quaternary nitrogens is 1. The SMILES string of the molecule is CCCCCCCCCCCCCCCCCCCCCCCCCCCCCC(O)C(COP(=O)(O)OCC[N+](C)(C)C)NC(=O)CCCCCCCCCCCCCCCCCCCCCCC. The summed E-state index contributed by atoms with van der Waals surface area (Å²) in [6.45, 7) is 4.96. The monoisotopic (exact) mass is 1010 g/mol. The summed E-state index contributed by atoms with van der Waals surface area (Å²) in [5, 5.41) is 14.1. The molecule has 3 N–H and O–H groups in total. The standard InChI is InChI=1S/C61H125N2O6P/c1-6-8-10-12-14-16-18-20-22-24-26-28-29-30-31-32-33-35-36-38-40-42-44-46-48-50-52-54-60(64)59(58-69-70(66,67)68-57-56-63(3,4)5)62-61(65)55-53-51-49-47-45-43-41-39-37-34-27-25-23-21-19-17-15-13-11-9-7-2/h59-60,64H,6-58H2,1-5H3,(H-,62,65,66,67)/p+1. The van der Waals surface area contributed by atoms with Gasteiger partial charge in [-0.3, -0.25) is 13.8 Å². The zero-order valence-electron chi connectivity index (χ0n) is 48.1. The molecule has 0 aromatic rings. The third kappa shape index (κ3) is 55.3. The number of aliphatic hydroxyl groups excluding tert-OH is 1. The van der Waals surface area contributed by atoms with Gasteiger partial charge in [-0.05, 0) is 12.8 Å². The highest BCUT2D eigenvalue weighted by Crippen LogP contribution is 2.43. The lowest BCUT2D eigenvalue weighted by molar-refractivity contribution is -0.870. The van der Waals surface area contributed by atoms with Crippen molar-refractivity contribution in [3.05, 3.63) is 0 Å². The number of unbranched alkanes of at least 4 members (excludes halogenated alkanes) is 46. The number of nitrogens with one attached hydrogen (secondary N) is 1. The van der Waals surface area contributed by atoms with Crippen molar-refractivity contribution in [1.82, 2.24) is 5.32 Å². The van der Waals surface area contributed by atoms with Crippen LogP contribution in [0.5, 0.6) is 0 Å². The van der Waals surface area contributed by atoms with Gasteiger partial charge < -0.3 is 19.8 Å². The zero-order valence-corrected chi connectivity index (χ0v) is 48.9. The van der Waals surface area contributed by atoms with Crippen LogP contribution in [0.2, 0.25) is 0 Å². The molecule has 3 unspecified atom stereocenters. The van der Waals surface area contributed by atoms with E-state index in [4.69, 9.17) is 9.05 Å². The van der Waals surface area contributed by atoms with E-state index in [2.05, 4.69) is 19.2 Å². The highest BCUT2D eigenvalue weighted by molar-refractivity contribution is 7.47. The van der Waals surface area contributed by atoms with Crippen LogP contribution < -0.4 is 5.32 Å². The van der Waals surface area contributed by atoms with Gasteiger partial charge in [-0.2, -0.15) is 0 Å². The summed E-state index contributed by atoms with van der Waals surface area (Å²) in [5.74, 6) is -0.135. The molecule has 70 heavy (non-hydrogen) atoms. The molecule has 0 rings (SSSR count).